The lowest BCUT2D eigenvalue weighted by molar-refractivity contribution is -0.385. The summed E-state index contributed by atoms with van der Waals surface area (Å²) in [5.74, 6) is 0. The van der Waals surface area contributed by atoms with Gasteiger partial charge in [-0.1, -0.05) is 11.6 Å². The molecule has 11 heteroatoms. The number of hydrogen-bond acceptors (Lipinski definition) is 7. The highest BCUT2D eigenvalue weighted by atomic mass is 35.5. The molecule has 0 bridgehead atoms. The smallest absolute Gasteiger partial charge is 0.270 e. The van der Waals surface area contributed by atoms with Crippen LogP contribution in [0.1, 0.15) is 5.56 Å². The minimum Gasteiger partial charge on any atom is -0.280 e. The van der Waals surface area contributed by atoms with Gasteiger partial charge in [-0.05, 0) is 47.2 Å². The average molecular weight is 437 g/mol. The number of nitro benzene ring substituents is 1. The van der Waals surface area contributed by atoms with Crippen LogP contribution in [0.2, 0.25) is 5.02 Å². The van der Waals surface area contributed by atoms with Crippen molar-refractivity contribution in [3.63, 3.8) is 0 Å². The van der Waals surface area contributed by atoms with E-state index >= 15 is 0 Å². The van der Waals surface area contributed by atoms with Gasteiger partial charge in [0.25, 0.3) is 15.7 Å². The number of hydrazone groups is 1. The molecule has 0 aliphatic rings. The molecule has 0 radical (unpaired) electrons. The number of benzene rings is 2. The number of anilines is 2. The largest absolute Gasteiger partial charge is 0.280 e. The number of halogens is 1. The lowest BCUT2D eigenvalue weighted by Crippen LogP contribution is -2.15. The molecule has 3 rings (SSSR count). The van der Waals surface area contributed by atoms with Gasteiger partial charge < -0.3 is 0 Å². The Morgan fingerprint density at radius 1 is 1.14 bits per heavy atom. The van der Waals surface area contributed by atoms with Gasteiger partial charge >= 0.3 is 0 Å². The maximum atomic E-state index is 12.8. The minimum atomic E-state index is -4.13. The van der Waals surface area contributed by atoms with E-state index in [9.17, 15) is 18.5 Å². The van der Waals surface area contributed by atoms with Crippen LogP contribution < -0.4 is 10.1 Å². The van der Waals surface area contributed by atoms with E-state index in [2.05, 4.69) is 15.2 Å². The highest BCUT2D eigenvalue weighted by Crippen LogP contribution is 2.28. The number of sulfonamides is 1. The van der Waals surface area contributed by atoms with Crippen molar-refractivity contribution in [2.24, 2.45) is 5.10 Å². The number of nitrogens with one attached hydrogen (secondary N) is 2. The molecule has 1 aromatic heterocycles. The van der Waals surface area contributed by atoms with E-state index in [0.717, 1.165) is 11.6 Å². The summed E-state index contributed by atoms with van der Waals surface area (Å²) >= 11 is 7.29. The van der Waals surface area contributed by atoms with Gasteiger partial charge in [-0.2, -0.15) is 16.4 Å². The number of non-ortho nitro benzene ring substituents is 1. The Morgan fingerprint density at radius 2 is 1.89 bits per heavy atom. The van der Waals surface area contributed by atoms with Crippen molar-refractivity contribution in [3.05, 3.63) is 80.0 Å². The molecule has 0 amide bonds. The second kappa shape index (κ2) is 8.38. The van der Waals surface area contributed by atoms with Gasteiger partial charge in [0.05, 0.1) is 16.8 Å². The quantitative estimate of drug-likeness (QED) is 0.320. The zero-order valence-electron chi connectivity index (χ0n) is 14.1. The molecule has 0 saturated carbocycles. The standard InChI is InChI=1S/C17H13ClN4O4S2/c18-13-1-3-14(4-2-13)21-28(25,26)17-9-15(22(23)24)5-6-16(17)20-19-10-12-7-8-27-11-12/h1-11,20-21H/b19-10+. The first kappa shape index (κ1) is 19.8. The molecular formula is C17H13ClN4O4S2. The fourth-order valence-corrected chi connectivity index (χ4v) is 4.16. The average Bonchev–Trinajstić information content (AvgIpc) is 3.17. The fourth-order valence-electron chi connectivity index (χ4n) is 2.19. The predicted octanol–water partition coefficient (Wildman–Crippen LogP) is 4.56. The van der Waals surface area contributed by atoms with Crippen LogP contribution in [-0.2, 0) is 10.0 Å². The minimum absolute atomic E-state index is 0.0959. The molecule has 0 unspecified atom stereocenters. The molecule has 144 valence electrons. The van der Waals surface area contributed by atoms with E-state index in [1.54, 1.807) is 0 Å². The van der Waals surface area contributed by atoms with E-state index in [1.807, 2.05) is 16.8 Å². The number of thiophene rings is 1. The van der Waals surface area contributed by atoms with Crippen molar-refractivity contribution in [1.29, 1.82) is 0 Å². The van der Waals surface area contributed by atoms with Gasteiger partial charge in [0.15, 0.2) is 0 Å². The second-order valence-corrected chi connectivity index (χ2v) is 8.34. The van der Waals surface area contributed by atoms with Crippen LogP contribution in [0.25, 0.3) is 0 Å². The number of nitro groups is 1. The molecule has 0 fully saturated rings. The summed E-state index contributed by atoms with van der Waals surface area (Å²) < 4.78 is 28.0. The highest BCUT2D eigenvalue weighted by molar-refractivity contribution is 7.92. The van der Waals surface area contributed by atoms with Crippen LogP contribution in [0.4, 0.5) is 17.1 Å². The van der Waals surface area contributed by atoms with Gasteiger partial charge in [0.2, 0.25) is 0 Å². The van der Waals surface area contributed by atoms with E-state index < -0.39 is 14.9 Å². The van der Waals surface area contributed by atoms with Gasteiger partial charge in [0, 0.05) is 28.4 Å². The molecule has 0 aliphatic heterocycles. The molecule has 1 heterocycles. The molecular weight excluding hydrogens is 424 g/mol. The first-order valence-electron chi connectivity index (χ1n) is 7.73. The molecule has 2 N–H and O–H groups in total. The molecule has 3 aromatic rings. The third kappa shape index (κ3) is 4.85. The van der Waals surface area contributed by atoms with Crippen molar-refractivity contribution < 1.29 is 13.3 Å². The summed E-state index contributed by atoms with van der Waals surface area (Å²) in [6.07, 6.45) is 1.51. The molecule has 8 nitrogen and oxygen atoms in total. The van der Waals surface area contributed by atoms with E-state index in [0.29, 0.717) is 5.02 Å². The van der Waals surface area contributed by atoms with Crippen LogP contribution in [0.15, 0.2) is 69.3 Å². The Morgan fingerprint density at radius 3 is 2.54 bits per heavy atom. The van der Waals surface area contributed by atoms with Gasteiger partial charge in [-0.25, -0.2) is 8.42 Å². The maximum Gasteiger partial charge on any atom is 0.270 e. The van der Waals surface area contributed by atoms with Gasteiger partial charge in [-0.3, -0.25) is 20.3 Å². The van der Waals surface area contributed by atoms with E-state index in [1.165, 1.54) is 53.9 Å². The summed E-state index contributed by atoms with van der Waals surface area (Å²) in [5, 5.41) is 19.3. The topological polar surface area (TPSA) is 114 Å². The monoisotopic (exact) mass is 436 g/mol. The zero-order chi connectivity index (χ0) is 20.1. The van der Waals surface area contributed by atoms with Crippen LogP contribution in [0.3, 0.4) is 0 Å². The van der Waals surface area contributed by atoms with Gasteiger partial charge in [0.1, 0.15) is 4.90 Å². The van der Waals surface area contributed by atoms with Crippen LogP contribution in [-0.4, -0.2) is 19.6 Å². The van der Waals surface area contributed by atoms with E-state index in [-0.39, 0.29) is 22.0 Å². The van der Waals surface area contributed by atoms with Crippen molar-refractivity contribution in [2.75, 3.05) is 10.1 Å². The van der Waals surface area contributed by atoms with Crippen molar-refractivity contribution >= 4 is 56.2 Å². The summed E-state index contributed by atoms with van der Waals surface area (Å²) in [6, 6.07) is 11.3. The van der Waals surface area contributed by atoms with Gasteiger partial charge in [-0.15, -0.1) is 0 Å². The molecule has 0 atom stereocenters. The lowest BCUT2D eigenvalue weighted by Gasteiger charge is -2.12. The predicted molar refractivity (Wildman–Crippen MR) is 111 cm³/mol. The molecule has 2 aromatic carbocycles. The number of rotatable bonds is 7. The third-order valence-corrected chi connectivity index (χ3v) is 5.88. The number of nitrogens with zero attached hydrogens (tertiary/aromatic N) is 2. The second-order valence-electron chi connectivity index (χ2n) is 5.48. The Bertz CT molecular complexity index is 1110. The summed E-state index contributed by atoms with van der Waals surface area (Å²) in [5.41, 5.74) is 3.47. The Hall–Kier alpha value is -2.95. The highest BCUT2D eigenvalue weighted by Gasteiger charge is 2.22. The van der Waals surface area contributed by atoms with Crippen LogP contribution in [0, 0.1) is 10.1 Å². The summed E-state index contributed by atoms with van der Waals surface area (Å²) in [4.78, 5) is 10.1. The summed E-state index contributed by atoms with van der Waals surface area (Å²) in [7, 11) is -4.13. The SMILES string of the molecule is O=[N+]([O-])c1ccc(N/N=C/c2ccsc2)c(S(=O)(=O)Nc2ccc(Cl)cc2)c1. The van der Waals surface area contributed by atoms with Crippen LogP contribution in [0.5, 0.6) is 0 Å². The third-order valence-electron chi connectivity index (χ3n) is 3.50. The Kier molecular flexibility index (Phi) is 5.93. The van der Waals surface area contributed by atoms with Crippen molar-refractivity contribution in [3.8, 4) is 0 Å². The zero-order valence-corrected chi connectivity index (χ0v) is 16.5. The summed E-state index contributed by atoms with van der Waals surface area (Å²) in [6.45, 7) is 0. The van der Waals surface area contributed by atoms with Crippen molar-refractivity contribution in [1.82, 2.24) is 0 Å². The Balaban J connectivity index is 1.94. The molecule has 28 heavy (non-hydrogen) atoms. The fraction of sp³-hybridized carbons (Fsp3) is 0. The molecule has 0 aliphatic carbocycles. The van der Waals surface area contributed by atoms with Crippen LogP contribution >= 0.6 is 22.9 Å². The Labute approximate surface area is 169 Å². The normalized spacial score (nSPS) is 11.5. The van der Waals surface area contributed by atoms with Crippen molar-refractivity contribution in [2.45, 2.75) is 4.90 Å². The maximum absolute atomic E-state index is 12.8. The lowest BCUT2D eigenvalue weighted by atomic mass is 10.3. The molecule has 0 saturated heterocycles. The number of hydrogen-bond donors (Lipinski definition) is 2. The first-order chi connectivity index (χ1) is 13.3. The molecule has 0 spiro atoms. The van der Waals surface area contributed by atoms with E-state index in [4.69, 9.17) is 11.6 Å². The first-order valence-corrected chi connectivity index (χ1v) is 10.5.